The number of aromatic carboxylic acids is 1. The average molecular weight is 486 g/mol. The Kier molecular flexibility index (Phi) is 6.25. The number of fused-ring (bicyclic) bond motifs is 1. The van der Waals surface area contributed by atoms with E-state index in [0.29, 0.717) is 35.4 Å². The lowest BCUT2D eigenvalue weighted by atomic mass is 10.0. The van der Waals surface area contributed by atoms with Crippen molar-refractivity contribution in [2.45, 2.75) is 18.9 Å². The maximum atomic E-state index is 14.8. The molecule has 0 spiro atoms. The van der Waals surface area contributed by atoms with Crippen LogP contribution >= 0.6 is 0 Å². The minimum Gasteiger partial charge on any atom is -0.477 e. The number of hydrogen-bond acceptors (Lipinski definition) is 4. The van der Waals surface area contributed by atoms with Crippen LogP contribution in [0.4, 0.5) is 10.1 Å². The second-order valence-corrected chi connectivity index (χ2v) is 8.83. The van der Waals surface area contributed by atoms with E-state index in [2.05, 4.69) is 10.3 Å². The van der Waals surface area contributed by atoms with Gasteiger partial charge in [-0.2, -0.15) is 0 Å². The van der Waals surface area contributed by atoms with Crippen LogP contribution in [0, 0.1) is 5.82 Å². The third-order valence-corrected chi connectivity index (χ3v) is 6.59. The third-order valence-electron chi connectivity index (χ3n) is 6.59. The molecule has 3 N–H and O–H groups in total. The van der Waals surface area contributed by atoms with Crippen molar-refractivity contribution in [3.8, 4) is 11.1 Å². The summed E-state index contributed by atoms with van der Waals surface area (Å²) in [4.78, 5) is 41.6. The first-order valence-electron chi connectivity index (χ1n) is 11.7. The molecule has 1 amide bonds. The molecule has 36 heavy (non-hydrogen) atoms. The van der Waals surface area contributed by atoms with Crippen molar-refractivity contribution in [1.82, 2.24) is 9.88 Å². The fourth-order valence-corrected chi connectivity index (χ4v) is 4.70. The topological polar surface area (TPSA) is 102 Å². The summed E-state index contributed by atoms with van der Waals surface area (Å²) in [6, 6.07) is 18.8. The molecule has 1 atom stereocenters. The summed E-state index contributed by atoms with van der Waals surface area (Å²) in [6.45, 7) is 1.02. The molecule has 182 valence electrons. The molecule has 5 rings (SSSR count). The van der Waals surface area contributed by atoms with Gasteiger partial charge in [-0.1, -0.05) is 36.4 Å². The highest BCUT2D eigenvalue weighted by Crippen LogP contribution is 2.26. The zero-order valence-electron chi connectivity index (χ0n) is 19.3. The smallest absolute Gasteiger partial charge is 0.341 e. The number of hydrogen-bond donors (Lipinski definition) is 3. The Bertz CT molecular complexity index is 1520. The van der Waals surface area contributed by atoms with Gasteiger partial charge in [-0.15, -0.1) is 0 Å². The third kappa shape index (κ3) is 4.45. The van der Waals surface area contributed by atoms with Gasteiger partial charge < -0.3 is 20.3 Å². The van der Waals surface area contributed by atoms with Crippen LogP contribution in [0.5, 0.6) is 0 Å². The molecule has 3 aromatic carbocycles. The van der Waals surface area contributed by atoms with E-state index >= 15 is 0 Å². The average Bonchev–Trinajstić information content (AvgIpc) is 3.36. The van der Waals surface area contributed by atoms with Crippen molar-refractivity contribution in [3.05, 3.63) is 100 Å². The van der Waals surface area contributed by atoms with Crippen molar-refractivity contribution < 1.29 is 19.1 Å². The fraction of sp³-hybridized carbons (Fsp3) is 0.179. The normalized spacial score (nSPS) is 15.2. The number of likely N-dealkylation sites (tertiary alicyclic amines) is 1. The van der Waals surface area contributed by atoms with Crippen molar-refractivity contribution in [1.29, 1.82) is 0 Å². The molecule has 4 aromatic rings. The molecule has 0 saturated carbocycles. The maximum Gasteiger partial charge on any atom is 0.341 e. The number of anilines is 1. The number of rotatable bonds is 6. The predicted molar refractivity (Wildman–Crippen MR) is 136 cm³/mol. The monoisotopic (exact) mass is 485 g/mol. The van der Waals surface area contributed by atoms with Gasteiger partial charge in [0.05, 0.1) is 0 Å². The molecule has 1 fully saturated rings. The number of carboxylic acids is 1. The van der Waals surface area contributed by atoms with Crippen LogP contribution in [-0.4, -0.2) is 46.0 Å². The van der Waals surface area contributed by atoms with E-state index in [1.54, 1.807) is 35.2 Å². The number of benzene rings is 3. The summed E-state index contributed by atoms with van der Waals surface area (Å²) >= 11 is 0. The number of halogens is 1. The standard InChI is InChI=1S/C28H24FN3O4/c29-24-13-18(8-10-21(24)17-5-2-1-3-6-17)27(34)32-12-4-7-20(32)15-30-19-9-11-25-22(14-19)26(33)23(16-31-25)28(35)36/h1-3,5-6,8-11,13-14,16,20,30H,4,7,12,15H2,(H,31,33)(H,35,36). The number of nitrogens with zero attached hydrogens (tertiary/aromatic N) is 1. The molecule has 1 aliphatic heterocycles. The molecule has 0 radical (unpaired) electrons. The van der Waals surface area contributed by atoms with Gasteiger partial charge in [0.2, 0.25) is 5.43 Å². The summed E-state index contributed by atoms with van der Waals surface area (Å²) in [6.07, 6.45) is 2.82. The molecule has 1 unspecified atom stereocenters. The van der Waals surface area contributed by atoms with Gasteiger partial charge in [-0.05, 0) is 48.7 Å². The van der Waals surface area contributed by atoms with Crippen LogP contribution in [0.3, 0.4) is 0 Å². The molecule has 0 bridgehead atoms. The fourth-order valence-electron chi connectivity index (χ4n) is 4.70. The SMILES string of the molecule is O=C(O)c1c[nH]c2ccc(NCC3CCCN3C(=O)c3ccc(-c4ccccc4)c(F)c3)cc2c1=O. The number of H-pyrrole nitrogens is 1. The Balaban J connectivity index is 1.31. The first-order chi connectivity index (χ1) is 17.4. The number of carboxylic acid groups (broad SMARTS) is 1. The number of carbonyl (C=O) groups excluding carboxylic acids is 1. The van der Waals surface area contributed by atoms with Gasteiger partial charge >= 0.3 is 5.97 Å². The molecule has 1 aromatic heterocycles. The summed E-state index contributed by atoms with van der Waals surface area (Å²) < 4.78 is 14.8. The largest absolute Gasteiger partial charge is 0.477 e. The Morgan fingerprint density at radius 2 is 1.89 bits per heavy atom. The molecular formula is C28H24FN3O4. The quantitative estimate of drug-likeness (QED) is 0.366. The highest BCUT2D eigenvalue weighted by atomic mass is 19.1. The van der Waals surface area contributed by atoms with Gasteiger partial charge in [0, 0.05) is 53.0 Å². The molecule has 1 aliphatic rings. The minimum absolute atomic E-state index is 0.103. The zero-order chi connectivity index (χ0) is 25.2. The van der Waals surface area contributed by atoms with E-state index in [1.165, 1.54) is 12.3 Å². The number of amides is 1. The molecule has 8 heteroatoms. The number of aromatic amines is 1. The highest BCUT2D eigenvalue weighted by Gasteiger charge is 2.29. The summed E-state index contributed by atoms with van der Waals surface area (Å²) in [5.74, 6) is -1.95. The number of nitrogens with one attached hydrogen (secondary N) is 2. The van der Waals surface area contributed by atoms with Crippen molar-refractivity contribution >= 4 is 28.5 Å². The molecule has 1 saturated heterocycles. The zero-order valence-corrected chi connectivity index (χ0v) is 19.3. The van der Waals surface area contributed by atoms with E-state index in [9.17, 15) is 23.9 Å². The Morgan fingerprint density at radius 3 is 2.64 bits per heavy atom. The molecule has 7 nitrogen and oxygen atoms in total. The first-order valence-corrected chi connectivity index (χ1v) is 11.7. The number of pyridine rings is 1. The Hall–Kier alpha value is -4.46. The van der Waals surface area contributed by atoms with Gasteiger partial charge in [-0.25, -0.2) is 9.18 Å². The maximum absolute atomic E-state index is 14.8. The van der Waals surface area contributed by atoms with Crippen LogP contribution in [0.25, 0.3) is 22.0 Å². The van der Waals surface area contributed by atoms with E-state index in [0.717, 1.165) is 18.4 Å². The minimum atomic E-state index is -1.29. The predicted octanol–water partition coefficient (Wildman–Crippen LogP) is 4.75. The van der Waals surface area contributed by atoms with Gasteiger partial charge in [0.25, 0.3) is 5.91 Å². The van der Waals surface area contributed by atoms with Crippen LogP contribution in [0.1, 0.15) is 33.6 Å². The molecule has 0 aliphatic carbocycles. The second kappa shape index (κ2) is 9.65. The summed E-state index contributed by atoms with van der Waals surface area (Å²) in [5.41, 5.74) is 1.81. The van der Waals surface area contributed by atoms with Crippen LogP contribution in [-0.2, 0) is 0 Å². The summed E-state index contributed by atoms with van der Waals surface area (Å²) in [5, 5.41) is 12.7. The van der Waals surface area contributed by atoms with E-state index < -0.39 is 17.2 Å². The van der Waals surface area contributed by atoms with Crippen molar-refractivity contribution in [3.63, 3.8) is 0 Å². The van der Waals surface area contributed by atoms with Gasteiger partial charge in [0.15, 0.2) is 0 Å². The van der Waals surface area contributed by atoms with Crippen LogP contribution in [0.15, 0.2) is 77.7 Å². The van der Waals surface area contributed by atoms with Crippen molar-refractivity contribution in [2.75, 3.05) is 18.4 Å². The lowest BCUT2D eigenvalue weighted by molar-refractivity contribution is 0.0693. The summed E-state index contributed by atoms with van der Waals surface area (Å²) in [7, 11) is 0. The molecular weight excluding hydrogens is 461 g/mol. The number of aromatic nitrogens is 1. The van der Waals surface area contributed by atoms with Crippen LogP contribution in [0.2, 0.25) is 0 Å². The first kappa shape index (κ1) is 23.3. The lowest BCUT2D eigenvalue weighted by Crippen LogP contribution is -2.39. The van der Waals surface area contributed by atoms with Crippen molar-refractivity contribution in [2.24, 2.45) is 0 Å². The lowest BCUT2D eigenvalue weighted by Gasteiger charge is -2.25. The van der Waals surface area contributed by atoms with E-state index in [1.807, 2.05) is 30.3 Å². The van der Waals surface area contributed by atoms with Crippen LogP contribution < -0.4 is 10.7 Å². The Labute approximate surface area is 206 Å². The number of carbonyl (C=O) groups is 2. The van der Waals surface area contributed by atoms with Gasteiger partial charge in [-0.3, -0.25) is 9.59 Å². The second-order valence-electron chi connectivity index (χ2n) is 8.83. The highest BCUT2D eigenvalue weighted by molar-refractivity contribution is 5.95. The Morgan fingerprint density at radius 1 is 1.08 bits per heavy atom. The van der Waals surface area contributed by atoms with E-state index in [4.69, 9.17) is 0 Å². The van der Waals surface area contributed by atoms with Gasteiger partial charge in [0.1, 0.15) is 11.4 Å². The van der Waals surface area contributed by atoms with E-state index in [-0.39, 0.29) is 22.9 Å². The molecule has 2 heterocycles.